The van der Waals surface area contributed by atoms with Crippen LogP contribution in [0.1, 0.15) is 11.3 Å². The van der Waals surface area contributed by atoms with Crippen LogP contribution in [0, 0.1) is 6.92 Å². The molecule has 0 fully saturated rings. The van der Waals surface area contributed by atoms with Gasteiger partial charge in [0, 0.05) is 11.9 Å². The molecule has 0 unspecified atom stereocenters. The molecule has 0 atom stereocenters. The van der Waals surface area contributed by atoms with E-state index in [0.717, 1.165) is 11.3 Å². The molecule has 0 radical (unpaired) electrons. The molecule has 2 aromatic heterocycles. The predicted molar refractivity (Wildman–Crippen MR) is 53.1 cm³/mol. The second kappa shape index (κ2) is 3.75. The smallest absolute Gasteiger partial charge is 0.129 e. The highest BCUT2D eigenvalue weighted by Crippen LogP contribution is 2.11. The summed E-state index contributed by atoms with van der Waals surface area (Å²) in [5.41, 5.74) is 2.02. The van der Waals surface area contributed by atoms with Crippen molar-refractivity contribution >= 4 is 11.6 Å². The van der Waals surface area contributed by atoms with Crippen molar-refractivity contribution in [2.24, 2.45) is 0 Å². The van der Waals surface area contributed by atoms with E-state index in [1.807, 2.05) is 19.2 Å². The second-order valence-corrected chi connectivity index (χ2v) is 3.37. The minimum absolute atomic E-state index is 0.518. The molecule has 0 aromatic carbocycles. The van der Waals surface area contributed by atoms with E-state index in [9.17, 15) is 0 Å². The van der Waals surface area contributed by atoms with Gasteiger partial charge in [-0.15, -0.1) is 5.10 Å². The van der Waals surface area contributed by atoms with Crippen molar-refractivity contribution in [1.29, 1.82) is 0 Å². The lowest BCUT2D eigenvalue weighted by atomic mass is 10.2. The van der Waals surface area contributed by atoms with Crippen molar-refractivity contribution in [1.82, 2.24) is 20.0 Å². The van der Waals surface area contributed by atoms with E-state index in [1.165, 1.54) is 0 Å². The van der Waals surface area contributed by atoms with Crippen molar-refractivity contribution in [2.75, 3.05) is 0 Å². The minimum atomic E-state index is 0.518. The van der Waals surface area contributed by atoms with Crippen LogP contribution < -0.4 is 0 Å². The molecule has 2 aromatic rings. The number of aryl methyl sites for hydroxylation is 1. The topological polar surface area (TPSA) is 43.6 Å². The summed E-state index contributed by atoms with van der Waals surface area (Å²) in [5.74, 6) is 0. The van der Waals surface area contributed by atoms with Crippen LogP contribution in [0.2, 0.25) is 5.15 Å². The predicted octanol–water partition coefficient (Wildman–Crippen LogP) is 1.68. The minimum Gasteiger partial charge on any atom is -0.248 e. The first-order valence-corrected chi connectivity index (χ1v) is 4.59. The normalized spacial score (nSPS) is 10.4. The SMILES string of the molecule is Cc1nc(Cl)ccc1Cn1ccnn1. The van der Waals surface area contributed by atoms with Gasteiger partial charge in [0.25, 0.3) is 0 Å². The van der Waals surface area contributed by atoms with Gasteiger partial charge in [-0.1, -0.05) is 22.9 Å². The van der Waals surface area contributed by atoms with E-state index in [1.54, 1.807) is 16.9 Å². The lowest BCUT2D eigenvalue weighted by molar-refractivity contribution is 0.645. The van der Waals surface area contributed by atoms with Gasteiger partial charge in [0.2, 0.25) is 0 Å². The van der Waals surface area contributed by atoms with Crippen LogP contribution >= 0.6 is 11.6 Å². The molecule has 0 spiro atoms. The maximum atomic E-state index is 5.75. The van der Waals surface area contributed by atoms with Crippen molar-refractivity contribution < 1.29 is 0 Å². The maximum Gasteiger partial charge on any atom is 0.129 e. The summed E-state index contributed by atoms with van der Waals surface area (Å²) in [6.07, 6.45) is 3.47. The highest BCUT2D eigenvalue weighted by Gasteiger charge is 2.01. The Hall–Kier alpha value is -1.42. The number of pyridine rings is 1. The number of hydrogen-bond acceptors (Lipinski definition) is 3. The zero-order valence-electron chi connectivity index (χ0n) is 7.68. The molecule has 2 heterocycles. The Kier molecular flexibility index (Phi) is 2.45. The van der Waals surface area contributed by atoms with Crippen molar-refractivity contribution in [2.45, 2.75) is 13.5 Å². The van der Waals surface area contributed by atoms with Crippen LogP contribution in [0.5, 0.6) is 0 Å². The first-order chi connectivity index (χ1) is 6.75. The lowest BCUT2D eigenvalue weighted by Gasteiger charge is -2.04. The first-order valence-electron chi connectivity index (χ1n) is 4.22. The highest BCUT2D eigenvalue weighted by molar-refractivity contribution is 6.29. The Morgan fingerprint density at radius 3 is 2.93 bits per heavy atom. The summed E-state index contributed by atoms with van der Waals surface area (Å²) < 4.78 is 1.75. The Labute approximate surface area is 86.5 Å². The van der Waals surface area contributed by atoms with E-state index in [-0.39, 0.29) is 0 Å². The Balaban J connectivity index is 2.25. The van der Waals surface area contributed by atoms with E-state index in [4.69, 9.17) is 11.6 Å². The molecule has 0 saturated heterocycles. The van der Waals surface area contributed by atoms with Crippen molar-refractivity contribution in [3.8, 4) is 0 Å². The zero-order valence-corrected chi connectivity index (χ0v) is 8.44. The van der Waals surface area contributed by atoms with Gasteiger partial charge in [0.1, 0.15) is 5.15 Å². The molecule has 72 valence electrons. The molecule has 4 nitrogen and oxygen atoms in total. The molecular weight excluding hydrogens is 200 g/mol. The number of nitrogens with zero attached hydrogens (tertiary/aromatic N) is 4. The molecule has 0 N–H and O–H groups in total. The van der Waals surface area contributed by atoms with Crippen LogP contribution in [0.4, 0.5) is 0 Å². The molecule has 0 bridgehead atoms. The van der Waals surface area contributed by atoms with Gasteiger partial charge in [0.05, 0.1) is 12.7 Å². The van der Waals surface area contributed by atoms with Crippen molar-refractivity contribution in [3.05, 3.63) is 40.9 Å². The third-order valence-corrected chi connectivity index (χ3v) is 2.18. The van der Waals surface area contributed by atoms with E-state index >= 15 is 0 Å². The molecule has 0 aliphatic rings. The summed E-state index contributed by atoms with van der Waals surface area (Å²) >= 11 is 5.75. The number of hydrogen-bond donors (Lipinski definition) is 0. The lowest BCUT2D eigenvalue weighted by Crippen LogP contribution is -2.03. The monoisotopic (exact) mass is 208 g/mol. The first kappa shape index (κ1) is 9.15. The second-order valence-electron chi connectivity index (χ2n) is 2.98. The summed E-state index contributed by atoms with van der Waals surface area (Å²) in [6, 6.07) is 3.73. The van der Waals surface area contributed by atoms with Gasteiger partial charge >= 0.3 is 0 Å². The van der Waals surface area contributed by atoms with Gasteiger partial charge in [0.15, 0.2) is 0 Å². The van der Waals surface area contributed by atoms with Gasteiger partial charge in [-0.25, -0.2) is 9.67 Å². The van der Waals surface area contributed by atoms with Crippen molar-refractivity contribution in [3.63, 3.8) is 0 Å². The number of halogens is 1. The highest BCUT2D eigenvalue weighted by atomic mass is 35.5. The third kappa shape index (κ3) is 1.90. The van der Waals surface area contributed by atoms with Crippen LogP contribution in [-0.2, 0) is 6.54 Å². The molecule has 0 saturated carbocycles. The van der Waals surface area contributed by atoms with Gasteiger partial charge in [-0.2, -0.15) is 0 Å². The summed E-state index contributed by atoms with van der Waals surface area (Å²) in [4.78, 5) is 4.16. The fraction of sp³-hybridized carbons (Fsp3) is 0.222. The van der Waals surface area contributed by atoms with E-state index in [0.29, 0.717) is 11.7 Å². The van der Waals surface area contributed by atoms with E-state index < -0.39 is 0 Å². The van der Waals surface area contributed by atoms with Crippen LogP contribution in [-0.4, -0.2) is 20.0 Å². The Morgan fingerprint density at radius 1 is 1.43 bits per heavy atom. The average Bonchev–Trinajstić information content (AvgIpc) is 2.62. The third-order valence-electron chi connectivity index (χ3n) is 1.97. The average molecular weight is 209 g/mol. The summed E-state index contributed by atoms with van der Waals surface area (Å²) in [5, 5.41) is 8.13. The molecule has 0 amide bonds. The molecular formula is C9H9ClN4. The van der Waals surface area contributed by atoms with Crippen LogP contribution in [0.15, 0.2) is 24.5 Å². The van der Waals surface area contributed by atoms with Gasteiger partial charge in [-0.3, -0.25) is 0 Å². The molecule has 14 heavy (non-hydrogen) atoms. The maximum absolute atomic E-state index is 5.75. The summed E-state index contributed by atoms with van der Waals surface area (Å²) in [7, 11) is 0. The number of aromatic nitrogens is 4. The standard InChI is InChI=1S/C9H9ClN4/c1-7-8(2-3-9(10)12-7)6-14-5-4-11-13-14/h2-5H,6H2,1H3. The van der Waals surface area contributed by atoms with Crippen LogP contribution in [0.3, 0.4) is 0 Å². The summed E-state index contributed by atoms with van der Waals surface area (Å²) in [6.45, 7) is 2.61. The fourth-order valence-electron chi connectivity index (χ4n) is 1.22. The van der Waals surface area contributed by atoms with Crippen LogP contribution in [0.25, 0.3) is 0 Å². The number of rotatable bonds is 2. The Bertz CT molecular complexity index is 424. The zero-order chi connectivity index (χ0) is 9.97. The van der Waals surface area contributed by atoms with Gasteiger partial charge in [-0.05, 0) is 18.6 Å². The molecule has 2 rings (SSSR count). The quantitative estimate of drug-likeness (QED) is 0.706. The Morgan fingerprint density at radius 2 is 2.29 bits per heavy atom. The largest absolute Gasteiger partial charge is 0.248 e. The van der Waals surface area contributed by atoms with Gasteiger partial charge < -0.3 is 0 Å². The fourth-order valence-corrected chi connectivity index (χ4v) is 1.41. The molecule has 0 aliphatic carbocycles. The molecule has 0 aliphatic heterocycles. The van der Waals surface area contributed by atoms with E-state index in [2.05, 4.69) is 15.3 Å². The molecule has 5 heteroatoms.